The van der Waals surface area contributed by atoms with Crippen LogP contribution in [-0.4, -0.2) is 23.4 Å². The molecule has 2 fully saturated rings. The molecule has 0 radical (unpaired) electrons. The molecule has 2 aromatic rings. The summed E-state index contributed by atoms with van der Waals surface area (Å²) in [6.07, 6.45) is 3.89. The Kier molecular flexibility index (Phi) is 3.03. The molecule has 1 aromatic carbocycles. The van der Waals surface area contributed by atoms with Crippen molar-refractivity contribution in [3.63, 3.8) is 0 Å². The van der Waals surface area contributed by atoms with Gasteiger partial charge in [0.1, 0.15) is 5.82 Å². The van der Waals surface area contributed by atoms with Crippen molar-refractivity contribution in [1.82, 2.24) is 10.1 Å². The number of halogens is 1. The number of nitrogens with zero attached hydrogens (tertiary/aromatic N) is 2. The van der Waals surface area contributed by atoms with Crippen LogP contribution in [0.15, 0.2) is 28.8 Å². The molecule has 2 heterocycles. The van der Waals surface area contributed by atoms with Crippen LogP contribution in [0.3, 0.4) is 0 Å². The number of benzene rings is 1. The zero-order valence-electron chi connectivity index (χ0n) is 11.7. The van der Waals surface area contributed by atoms with E-state index in [4.69, 9.17) is 9.26 Å². The summed E-state index contributed by atoms with van der Waals surface area (Å²) >= 11 is 0. The maximum atomic E-state index is 13.5. The van der Waals surface area contributed by atoms with Crippen LogP contribution in [0.2, 0.25) is 0 Å². The zero-order valence-corrected chi connectivity index (χ0v) is 11.7. The first-order valence-corrected chi connectivity index (χ1v) is 7.46. The summed E-state index contributed by atoms with van der Waals surface area (Å²) < 4.78 is 24.5. The van der Waals surface area contributed by atoms with Crippen molar-refractivity contribution < 1.29 is 13.7 Å². The summed E-state index contributed by atoms with van der Waals surface area (Å²) in [6.45, 7) is 1.41. The van der Waals surface area contributed by atoms with E-state index in [-0.39, 0.29) is 17.2 Å². The summed E-state index contributed by atoms with van der Waals surface area (Å²) in [5, 5.41) is 4.13. The molecule has 1 aliphatic carbocycles. The monoisotopic (exact) mass is 288 g/mol. The van der Waals surface area contributed by atoms with E-state index in [9.17, 15) is 4.39 Å². The van der Waals surface area contributed by atoms with Gasteiger partial charge in [-0.1, -0.05) is 23.7 Å². The second-order valence-electron chi connectivity index (χ2n) is 5.96. The normalized spacial score (nSPS) is 24.0. The van der Waals surface area contributed by atoms with Gasteiger partial charge in [-0.15, -0.1) is 0 Å². The average molecular weight is 288 g/mol. The molecule has 0 N–H and O–H groups in total. The van der Waals surface area contributed by atoms with E-state index in [0.29, 0.717) is 12.5 Å². The Labute approximate surface area is 122 Å². The Hall–Kier alpha value is -1.75. The van der Waals surface area contributed by atoms with Crippen molar-refractivity contribution in [2.75, 3.05) is 13.2 Å². The molecule has 4 nitrogen and oxygen atoms in total. The largest absolute Gasteiger partial charge is 0.381 e. The molecule has 110 valence electrons. The first kappa shape index (κ1) is 13.0. The standard InChI is InChI=1S/C16H17FN2O2/c17-13-4-1-3-12(9-13)16(6-2-7-16)15-18-14(19-21-15)11-5-8-20-10-11/h1,3-4,9,11H,2,5-8,10H2. The predicted octanol–water partition coefficient (Wildman–Crippen LogP) is 3.18. The second kappa shape index (κ2) is 4.91. The van der Waals surface area contributed by atoms with Gasteiger partial charge in [-0.3, -0.25) is 0 Å². The Balaban J connectivity index is 1.69. The van der Waals surface area contributed by atoms with E-state index in [1.54, 1.807) is 12.1 Å². The number of aromatic nitrogens is 2. The van der Waals surface area contributed by atoms with Crippen molar-refractivity contribution in [2.45, 2.75) is 37.0 Å². The summed E-state index contributed by atoms with van der Waals surface area (Å²) in [4.78, 5) is 4.61. The second-order valence-corrected chi connectivity index (χ2v) is 5.96. The van der Waals surface area contributed by atoms with Crippen LogP contribution in [0.5, 0.6) is 0 Å². The molecule has 0 amide bonds. The number of ether oxygens (including phenoxy) is 1. The summed E-state index contributed by atoms with van der Waals surface area (Å²) in [7, 11) is 0. The van der Waals surface area contributed by atoms with Gasteiger partial charge >= 0.3 is 0 Å². The molecule has 0 spiro atoms. The maximum Gasteiger partial charge on any atom is 0.237 e. The average Bonchev–Trinajstić information content (AvgIpc) is 3.08. The lowest BCUT2D eigenvalue weighted by atomic mass is 9.64. The fraction of sp³-hybridized carbons (Fsp3) is 0.500. The first-order chi connectivity index (χ1) is 10.3. The fourth-order valence-electron chi connectivity index (χ4n) is 3.28. The molecule has 1 aromatic heterocycles. The third-order valence-electron chi connectivity index (χ3n) is 4.73. The first-order valence-electron chi connectivity index (χ1n) is 7.46. The van der Waals surface area contributed by atoms with Gasteiger partial charge in [0.2, 0.25) is 5.89 Å². The molecule has 0 bridgehead atoms. The minimum absolute atomic E-state index is 0.220. The molecular weight excluding hydrogens is 271 g/mol. The van der Waals surface area contributed by atoms with Crippen LogP contribution < -0.4 is 0 Å². The van der Waals surface area contributed by atoms with Crippen molar-refractivity contribution >= 4 is 0 Å². The van der Waals surface area contributed by atoms with Gasteiger partial charge in [0.15, 0.2) is 5.82 Å². The highest BCUT2D eigenvalue weighted by atomic mass is 19.1. The van der Waals surface area contributed by atoms with E-state index >= 15 is 0 Å². The highest BCUT2D eigenvalue weighted by Gasteiger charge is 2.45. The topological polar surface area (TPSA) is 48.2 Å². The summed E-state index contributed by atoms with van der Waals surface area (Å²) in [5.41, 5.74) is 0.638. The molecule has 1 saturated carbocycles. The van der Waals surface area contributed by atoms with Gasteiger partial charge in [-0.05, 0) is 37.0 Å². The van der Waals surface area contributed by atoms with Crippen molar-refractivity contribution in [1.29, 1.82) is 0 Å². The third-order valence-corrected chi connectivity index (χ3v) is 4.73. The quantitative estimate of drug-likeness (QED) is 0.870. The zero-order chi connectivity index (χ0) is 14.3. The van der Waals surface area contributed by atoms with Gasteiger partial charge in [0.05, 0.1) is 12.0 Å². The predicted molar refractivity (Wildman–Crippen MR) is 73.5 cm³/mol. The highest BCUT2D eigenvalue weighted by molar-refractivity contribution is 5.35. The molecule has 1 saturated heterocycles. The Morgan fingerprint density at radius 2 is 2.19 bits per heavy atom. The lowest BCUT2D eigenvalue weighted by Crippen LogP contribution is -2.36. The maximum absolute atomic E-state index is 13.5. The van der Waals surface area contributed by atoms with Gasteiger partial charge in [0, 0.05) is 12.5 Å². The molecule has 1 unspecified atom stereocenters. The van der Waals surface area contributed by atoms with Crippen LogP contribution in [0.1, 0.15) is 48.9 Å². The van der Waals surface area contributed by atoms with E-state index < -0.39 is 0 Å². The van der Waals surface area contributed by atoms with Gasteiger partial charge in [-0.2, -0.15) is 4.98 Å². The molecule has 21 heavy (non-hydrogen) atoms. The van der Waals surface area contributed by atoms with Gasteiger partial charge in [0.25, 0.3) is 0 Å². The van der Waals surface area contributed by atoms with Crippen LogP contribution >= 0.6 is 0 Å². The van der Waals surface area contributed by atoms with Crippen LogP contribution in [0.4, 0.5) is 4.39 Å². The molecule has 2 aliphatic rings. The van der Waals surface area contributed by atoms with Crippen LogP contribution in [-0.2, 0) is 10.2 Å². The Morgan fingerprint density at radius 3 is 2.86 bits per heavy atom. The molecule has 1 aliphatic heterocycles. The minimum atomic E-state index is -0.299. The number of rotatable bonds is 3. The minimum Gasteiger partial charge on any atom is -0.381 e. The van der Waals surface area contributed by atoms with E-state index in [1.807, 2.05) is 6.07 Å². The van der Waals surface area contributed by atoms with Crippen LogP contribution in [0, 0.1) is 5.82 Å². The Bertz CT molecular complexity index is 645. The number of hydrogen-bond donors (Lipinski definition) is 0. The van der Waals surface area contributed by atoms with Gasteiger partial charge < -0.3 is 9.26 Å². The smallest absolute Gasteiger partial charge is 0.237 e. The lowest BCUT2D eigenvalue weighted by molar-refractivity contribution is 0.192. The summed E-state index contributed by atoms with van der Waals surface area (Å²) in [5.74, 6) is 1.36. The SMILES string of the molecule is Fc1cccc(C2(c3nc(C4CCOC4)no3)CCC2)c1. The van der Waals surface area contributed by atoms with E-state index in [2.05, 4.69) is 10.1 Å². The number of hydrogen-bond acceptors (Lipinski definition) is 4. The highest BCUT2D eigenvalue weighted by Crippen LogP contribution is 2.48. The third kappa shape index (κ3) is 2.07. The lowest BCUT2D eigenvalue weighted by Gasteiger charge is -2.38. The van der Waals surface area contributed by atoms with E-state index in [1.165, 1.54) is 6.07 Å². The van der Waals surface area contributed by atoms with E-state index in [0.717, 1.165) is 43.7 Å². The van der Waals surface area contributed by atoms with Crippen LogP contribution in [0.25, 0.3) is 0 Å². The van der Waals surface area contributed by atoms with Crippen molar-refractivity contribution in [2.24, 2.45) is 0 Å². The molecule has 1 atom stereocenters. The Morgan fingerprint density at radius 1 is 1.29 bits per heavy atom. The van der Waals surface area contributed by atoms with Crippen molar-refractivity contribution in [3.8, 4) is 0 Å². The molecule has 4 rings (SSSR count). The summed E-state index contributed by atoms with van der Waals surface area (Å²) in [6, 6.07) is 6.74. The fourth-order valence-corrected chi connectivity index (χ4v) is 3.28. The van der Waals surface area contributed by atoms with Crippen molar-refractivity contribution in [3.05, 3.63) is 47.4 Å². The molecule has 5 heteroatoms. The van der Waals surface area contributed by atoms with Gasteiger partial charge in [-0.25, -0.2) is 4.39 Å². The molecular formula is C16H17FN2O2.